The lowest BCUT2D eigenvalue weighted by atomic mass is 9.95. The first-order chi connectivity index (χ1) is 7.18. The van der Waals surface area contributed by atoms with E-state index in [0.717, 1.165) is 6.42 Å². The Balaban J connectivity index is 0.00000128. The molecule has 88 valence electrons. The number of H-pyrrole nitrogens is 1. The predicted octanol–water partition coefficient (Wildman–Crippen LogP) is 3.64. The summed E-state index contributed by atoms with van der Waals surface area (Å²) in [7, 11) is 0. The van der Waals surface area contributed by atoms with Gasteiger partial charge in [0.15, 0.2) is 0 Å². The van der Waals surface area contributed by atoms with E-state index in [1.807, 2.05) is 6.20 Å². The molecule has 0 bridgehead atoms. The molecule has 1 aromatic heterocycles. The van der Waals surface area contributed by atoms with E-state index in [2.05, 4.69) is 43.1 Å². The van der Waals surface area contributed by atoms with E-state index < -0.39 is 0 Å². The Morgan fingerprint density at radius 2 is 2.00 bits per heavy atom. The fraction of sp³-hybridized carbons (Fsp3) is 0.385. The van der Waals surface area contributed by atoms with E-state index in [0.29, 0.717) is 5.92 Å². The van der Waals surface area contributed by atoms with Crippen molar-refractivity contribution in [3.63, 3.8) is 0 Å². The molecule has 0 fully saturated rings. The lowest BCUT2D eigenvalue weighted by Crippen LogP contribution is -2.13. The molecule has 0 spiro atoms. The van der Waals surface area contributed by atoms with Crippen LogP contribution in [0.25, 0.3) is 10.9 Å². The van der Waals surface area contributed by atoms with Crippen LogP contribution in [0.1, 0.15) is 31.9 Å². The van der Waals surface area contributed by atoms with Gasteiger partial charge in [0.2, 0.25) is 0 Å². The topological polar surface area (TPSA) is 41.8 Å². The van der Waals surface area contributed by atoms with Crippen LogP contribution in [-0.2, 0) is 0 Å². The summed E-state index contributed by atoms with van der Waals surface area (Å²) in [5.74, 6) is 0.634. The number of nitrogens with one attached hydrogen (secondary N) is 1. The Morgan fingerprint density at radius 1 is 1.25 bits per heavy atom. The maximum absolute atomic E-state index is 6.21. The first-order valence-electron chi connectivity index (χ1n) is 5.50. The molecular formula is C13H19ClN2. The van der Waals surface area contributed by atoms with E-state index in [1.54, 1.807) is 0 Å². The van der Waals surface area contributed by atoms with Crippen LogP contribution >= 0.6 is 12.4 Å². The second kappa shape index (κ2) is 5.37. The molecule has 0 aliphatic rings. The van der Waals surface area contributed by atoms with E-state index in [-0.39, 0.29) is 18.4 Å². The minimum Gasteiger partial charge on any atom is -0.361 e. The van der Waals surface area contributed by atoms with Crippen molar-refractivity contribution in [2.45, 2.75) is 26.3 Å². The summed E-state index contributed by atoms with van der Waals surface area (Å²) in [4.78, 5) is 3.21. The maximum atomic E-state index is 6.21. The molecule has 1 aromatic carbocycles. The molecule has 1 heterocycles. The number of halogens is 1. The molecular weight excluding hydrogens is 220 g/mol. The summed E-state index contributed by atoms with van der Waals surface area (Å²) in [5, 5.41) is 1.26. The van der Waals surface area contributed by atoms with Crippen LogP contribution in [0.2, 0.25) is 0 Å². The molecule has 3 N–H and O–H groups in total. The molecule has 2 rings (SSSR count). The van der Waals surface area contributed by atoms with Crippen molar-refractivity contribution < 1.29 is 0 Å². The number of hydrogen-bond donors (Lipinski definition) is 2. The van der Waals surface area contributed by atoms with Gasteiger partial charge in [0.05, 0.1) is 0 Å². The lowest BCUT2D eigenvalue weighted by Gasteiger charge is -2.15. The number of aromatic amines is 1. The van der Waals surface area contributed by atoms with Crippen LogP contribution in [-0.4, -0.2) is 4.98 Å². The van der Waals surface area contributed by atoms with E-state index in [1.165, 1.54) is 16.5 Å². The van der Waals surface area contributed by atoms with Gasteiger partial charge in [0.1, 0.15) is 0 Å². The van der Waals surface area contributed by atoms with Gasteiger partial charge in [-0.05, 0) is 30.0 Å². The van der Waals surface area contributed by atoms with E-state index in [9.17, 15) is 0 Å². The third-order valence-electron chi connectivity index (χ3n) is 2.75. The zero-order valence-electron chi connectivity index (χ0n) is 9.73. The number of nitrogens with two attached hydrogens (primary N) is 1. The van der Waals surface area contributed by atoms with Crippen LogP contribution in [0.4, 0.5) is 0 Å². The average Bonchev–Trinajstić information content (AvgIpc) is 2.63. The highest BCUT2D eigenvalue weighted by Crippen LogP contribution is 2.26. The average molecular weight is 239 g/mol. The van der Waals surface area contributed by atoms with Gasteiger partial charge in [-0.15, -0.1) is 12.4 Å². The third-order valence-corrected chi connectivity index (χ3v) is 2.75. The summed E-state index contributed by atoms with van der Waals surface area (Å²) < 4.78 is 0. The number of benzene rings is 1. The fourth-order valence-electron chi connectivity index (χ4n) is 2.07. The summed E-state index contributed by atoms with van der Waals surface area (Å²) in [6.07, 6.45) is 3.00. The van der Waals surface area contributed by atoms with Crippen LogP contribution < -0.4 is 5.73 Å². The third kappa shape index (κ3) is 2.57. The second-order valence-corrected chi connectivity index (χ2v) is 4.52. The van der Waals surface area contributed by atoms with E-state index >= 15 is 0 Å². The maximum Gasteiger partial charge on any atom is 0.0457 e. The summed E-state index contributed by atoms with van der Waals surface area (Å²) >= 11 is 0. The van der Waals surface area contributed by atoms with Crippen molar-refractivity contribution in [3.8, 4) is 0 Å². The smallest absolute Gasteiger partial charge is 0.0457 e. The lowest BCUT2D eigenvalue weighted by molar-refractivity contribution is 0.512. The summed E-state index contributed by atoms with van der Waals surface area (Å²) in [6, 6.07) is 8.52. The number of aromatic nitrogens is 1. The van der Waals surface area contributed by atoms with Gasteiger partial charge in [-0.25, -0.2) is 0 Å². The van der Waals surface area contributed by atoms with E-state index in [4.69, 9.17) is 5.73 Å². The molecule has 0 unspecified atom stereocenters. The van der Waals surface area contributed by atoms with Gasteiger partial charge in [-0.3, -0.25) is 0 Å². The molecule has 2 nitrogen and oxygen atoms in total. The number of rotatable bonds is 3. The monoisotopic (exact) mass is 238 g/mol. The highest BCUT2D eigenvalue weighted by Gasteiger charge is 2.11. The first kappa shape index (κ1) is 13.1. The molecule has 0 aliphatic carbocycles. The SMILES string of the molecule is CC(C)C[C@H](N)c1cccc2[nH]ccc12.Cl. The van der Waals surface area contributed by atoms with Gasteiger partial charge in [-0.2, -0.15) is 0 Å². The molecule has 0 saturated carbocycles. The Labute approximate surface area is 103 Å². The largest absolute Gasteiger partial charge is 0.361 e. The van der Waals surface area contributed by atoms with Crippen LogP contribution in [0.3, 0.4) is 0 Å². The standard InChI is InChI=1S/C13H18N2.ClH/c1-9(2)8-12(14)10-4-3-5-13-11(10)6-7-15-13;/h3-7,9,12,15H,8,14H2,1-2H3;1H/t12-;/m0./s1. The quantitative estimate of drug-likeness (QED) is 0.843. The van der Waals surface area contributed by atoms with Gasteiger partial charge in [0.25, 0.3) is 0 Å². The Kier molecular flexibility index (Phi) is 4.39. The van der Waals surface area contributed by atoms with Crippen molar-refractivity contribution in [3.05, 3.63) is 36.0 Å². The second-order valence-electron chi connectivity index (χ2n) is 4.52. The van der Waals surface area contributed by atoms with Crippen molar-refractivity contribution >= 4 is 23.3 Å². The van der Waals surface area contributed by atoms with Crippen molar-refractivity contribution in [2.24, 2.45) is 11.7 Å². The molecule has 1 atom stereocenters. The summed E-state index contributed by atoms with van der Waals surface area (Å²) in [5.41, 5.74) is 8.63. The van der Waals surface area contributed by atoms with Crippen LogP contribution in [0.5, 0.6) is 0 Å². The molecule has 0 amide bonds. The molecule has 0 radical (unpaired) electrons. The fourth-order valence-corrected chi connectivity index (χ4v) is 2.07. The molecule has 0 saturated heterocycles. The van der Waals surface area contributed by atoms with Gasteiger partial charge in [0, 0.05) is 23.1 Å². The Hall–Kier alpha value is -0.990. The Bertz CT molecular complexity index is 448. The molecule has 2 aromatic rings. The number of hydrogen-bond acceptors (Lipinski definition) is 1. The first-order valence-corrected chi connectivity index (χ1v) is 5.50. The molecule has 16 heavy (non-hydrogen) atoms. The van der Waals surface area contributed by atoms with Gasteiger partial charge >= 0.3 is 0 Å². The van der Waals surface area contributed by atoms with Crippen LogP contribution in [0, 0.1) is 5.92 Å². The van der Waals surface area contributed by atoms with Gasteiger partial charge in [-0.1, -0.05) is 26.0 Å². The van der Waals surface area contributed by atoms with Gasteiger partial charge < -0.3 is 10.7 Å². The van der Waals surface area contributed by atoms with Crippen LogP contribution in [0.15, 0.2) is 30.5 Å². The predicted molar refractivity (Wildman–Crippen MR) is 71.9 cm³/mol. The van der Waals surface area contributed by atoms with Crippen molar-refractivity contribution in [1.82, 2.24) is 4.98 Å². The normalized spacial score (nSPS) is 12.8. The highest BCUT2D eigenvalue weighted by molar-refractivity contribution is 5.85. The van der Waals surface area contributed by atoms with Crippen molar-refractivity contribution in [2.75, 3.05) is 0 Å². The Morgan fingerprint density at radius 3 is 2.69 bits per heavy atom. The highest BCUT2D eigenvalue weighted by atomic mass is 35.5. The minimum atomic E-state index is 0. The minimum absolute atomic E-state index is 0. The van der Waals surface area contributed by atoms with Crippen molar-refractivity contribution in [1.29, 1.82) is 0 Å². The molecule has 0 aliphatic heterocycles. The zero-order valence-corrected chi connectivity index (χ0v) is 10.6. The molecule has 3 heteroatoms. The number of fused-ring (bicyclic) bond motifs is 1. The zero-order chi connectivity index (χ0) is 10.8. The summed E-state index contributed by atoms with van der Waals surface area (Å²) in [6.45, 7) is 4.41.